The van der Waals surface area contributed by atoms with Crippen LogP contribution in [0.5, 0.6) is 0 Å². The number of nitrogens with two attached hydrogens (primary N) is 1. The predicted octanol–water partition coefficient (Wildman–Crippen LogP) is 3.20. The van der Waals surface area contributed by atoms with Crippen molar-refractivity contribution in [3.63, 3.8) is 0 Å². The topological polar surface area (TPSA) is 29.3 Å². The number of anilines is 1. The van der Waals surface area contributed by atoms with E-state index < -0.39 is 0 Å². The summed E-state index contributed by atoms with van der Waals surface area (Å²) in [6.45, 7) is 5.33. The van der Waals surface area contributed by atoms with E-state index in [4.69, 9.17) is 18.0 Å². The SMILES string of the molecule is Cc1ccc(N(C)CCCCC(N)=S)c(C)c1. The summed E-state index contributed by atoms with van der Waals surface area (Å²) in [5.74, 6) is 0. The predicted molar refractivity (Wildman–Crippen MR) is 79.8 cm³/mol. The highest BCUT2D eigenvalue weighted by molar-refractivity contribution is 7.80. The van der Waals surface area contributed by atoms with Crippen LogP contribution in [-0.2, 0) is 0 Å². The Labute approximate surface area is 110 Å². The summed E-state index contributed by atoms with van der Waals surface area (Å²) >= 11 is 4.87. The number of hydrogen-bond acceptors (Lipinski definition) is 2. The second kappa shape index (κ2) is 6.60. The molecule has 1 aromatic rings. The molecule has 2 nitrogen and oxygen atoms in total. The fraction of sp³-hybridized carbons (Fsp3) is 0.500. The Balaban J connectivity index is 2.46. The van der Waals surface area contributed by atoms with Crippen molar-refractivity contribution in [2.24, 2.45) is 5.73 Å². The Bertz CT molecular complexity index is 388. The zero-order chi connectivity index (χ0) is 12.8. The standard InChI is InChI=1S/C14H22N2S/c1-11-7-8-13(12(2)10-11)16(3)9-5-4-6-14(15)17/h7-8,10H,4-6,9H2,1-3H3,(H2,15,17). The fourth-order valence-corrected chi connectivity index (χ4v) is 2.15. The van der Waals surface area contributed by atoms with Crippen LogP contribution in [0, 0.1) is 13.8 Å². The quantitative estimate of drug-likeness (QED) is 0.621. The number of rotatable bonds is 6. The molecule has 0 aliphatic carbocycles. The first-order chi connectivity index (χ1) is 8.00. The maximum absolute atomic E-state index is 5.48. The molecule has 0 aromatic heterocycles. The summed E-state index contributed by atoms with van der Waals surface area (Å²) in [5.41, 5.74) is 9.44. The summed E-state index contributed by atoms with van der Waals surface area (Å²) in [5, 5.41) is 0. The van der Waals surface area contributed by atoms with Gasteiger partial charge in [0, 0.05) is 19.3 Å². The molecule has 0 heterocycles. The average Bonchev–Trinajstić information content (AvgIpc) is 2.23. The lowest BCUT2D eigenvalue weighted by Crippen LogP contribution is -2.20. The number of nitrogens with zero attached hydrogens (tertiary/aromatic N) is 1. The second-order valence-corrected chi connectivity index (χ2v) is 5.16. The smallest absolute Gasteiger partial charge is 0.0727 e. The van der Waals surface area contributed by atoms with Crippen LogP contribution >= 0.6 is 12.2 Å². The molecule has 1 aromatic carbocycles. The van der Waals surface area contributed by atoms with Crippen LogP contribution in [0.25, 0.3) is 0 Å². The highest BCUT2D eigenvalue weighted by Crippen LogP contribution is 2.20. The Morgan fingerprint density at radius 2 is 2.00 bits per heavy atom. The van der Waals surface area contributed by atoms with Crippen LogP contribution in [0.4, 0.5) is 5.69 Å². The molecule has 0 radical (unpaired) electrons. The summed E-state index contributed by atoms with van der Waals surface area (Å²) in [6, 6.07) is 6.58. The number of unbranched alkanes of at least 4 members (excludes halogenated alkanes) is 1. The van der Waals surface area contributed by atoms with E-state index in [9.17, 15) is 0 Å². The third kappa shape index (κ3) is 4.73. The number of thiocarbonyl (C=S) groups is 1. The Morgan fingerprint density at radius 3 is 2.59 bits per heavy atom. The van der Waals surface area contributed by atoms with Gasteiger partial charge in [0.2, 0.25) is 0 Å². The fourth-order valence-electron chi connectivity index (χ4n) is 2.00. The third-order valence-electron chi connectivity index (χ3n) is 2.93. The number of hydrogen-bond donors (Lipinski definition) is 1. The third-order valence-corrected chi connectivity index (χ3v) is 3.13. The lowest BCUT2D eigenvalue weighted by Gasteiger charge is -2.21. The molecule has 0 saturated heterocycles. The number of aryl methyl sites for hydroxylation is 2. The highest BCUT2D eigenvalue weighted by atomic mass is 32.1. The maximum atomic E-state index is 5.48. The zero-order valence-electron chi connectivity index (χ0n) is 11.0. The largest absolute Gasteiger partial charge is 0.393 e. The highest BCUT2D eigenvalue weighted by Gasteiger charge is 2.04. The van der Waals surface area contributed by atoms with Crippen molar-refractivity contribution in [2.45, 2.75) is 33.1 Å². The summed E-state index contributed by atoms with van der Waals surface area (Å²) in [4.78, 5) is 2.92. The van der Waals surface area contributed by atoms with Crippen LogP contribution < -0.4 is 10.6 Å². The van der Waals surface area contributed by atoms with E-state index in [1.807, 2.05) is 0 Å². The van der Waals surface area contributed by atoms with Crippen LogP contribution in [0.2, 0.25) is 0 Å². The van der Waals surface area contributed by atoms with Gasteiger partial charge in [-0.2, -0.15) is 0 Å². The van der Waals surface area contributed by atoms with Gasteiger partial charge < -0.3 is 10.6 Å². The van der Waals surface area contributed by atoms with E-state index in [1.165, 1.54) is 16.8 Å². The minimum atomic E-state index is 0.624. The lowest BCUT2D eigenvalue weighted by atomic mass is 10.1. The van der Waals surface area contributed by atoms with Crippen molar-refractivity contribution in [1.29, 1.82) is 0 Å². The minimum absolute atomic E-state index is 0.624. The molecule has 17 heavy (non-hydrogen) atoms. The van der Waals surface area contributed by atoms with E-state index in [1.54, 1.807) is 0 Å². The van der Waals surface area contributed by atoms with Crippen LogP contribution in [0.15, 0.2) is 18.2 Å². The molecule has 0 spiro atoms. The molecule has 0 bridgehead atoms. The average molecular weight is 250 g/mol. The Hall–Kier alpha value is -1.09. The Kier molecular flexibility index (Phi) is 5.42. The van der Waals surface area contributed by atoms with Gasteiger partial charge in [0.15, 0.2) is 0 Å². The van der Waals surface area contributed by atoms with Gasteiger partial charge in [-0.15, -0.1) is 0 Å². The van der Waals surface area contributed by atoms with Gasteiger partial charge in [0.1, 0.15) is 0 Å². The summed E-state index contributed by atoms with van der Waals surface area (Å²) in [7, 11) is 2.14. The second-order valence-electron chi connectivity index (χ2n) is 4.63. The molecule has 0 atom stereocenters. The van der Waals surface area contributed by atoms with E-state index >= 15 is 0 Å². The first kappa shape index (κ1) is 14.0. The van der Waals surface area contributed by atoms with E-state index in [0.29, 0.717) is 4.99 Å². The van der Waals surface area contributed by atoms with Gasteiger partial charge in [-0.05, 0) is 44.7 Å². The molecule has 0 amide bonds. The maximum Gasteiger partial charge on any atom is 0.0727 e. The van der Waals surface area contributed by atoms with Crippen LogP contribution in [0.3, 0.4) is 0 Å². The van der Waals surface area contributed by atoms with Crippen molar-refractivity contribution in [3.8, 4) is 0 Å². The van der Waals surface area contributed by atoms with E-state index in [2.05, 4.69) is 44.0 Å². The van der Waals surface area contributed by atoms with Gasteiger partial charge in [-0.3, -0.25) is 0 Å². The van der Waals surface area contributed by atoms with E-state index in [0.717, 1.165) is 25.8 Å². The summed E-state index contributed by atoms with van der Waals surface area (Å²) < 4.78 is 0. The molecule has 0 saturated carbocycles. The van der Waals surface area contributed by atoms with Gasteiger partial charge in [-0.1, -0.05) is 29.9 Å². The van der Waals surface area contributed by atoms with Crippen molar-refractivity contribution in [2.75, 3.05) is 18.5 Å². The van der Waals surface area contributed by atoms with Crippen LogP contribution in [0.1, 0.15) is 30.4 Å². The molecule has 0 unspecified atom stereocenters. The van der Waals surface area contributed by atoms with Crippen molar-refractivity contribution in [3.05, 3.63) is 29.3 Å². The van der Waals surface area contributed by atoms with Crippen molar-refractivity contribution >= 4 is 22.9 Å². The molecule has 2 N–H and O–H groups in total. The van der Waals surface area contributed by atoms with Crippen molar-refractivity contribution in [1.82, 2.24) is 0 Å². The summed E-state index contributed by atoms with van der Waals surface area (Å²) in [6.07, 6.45) is 3.06. The first-order valence-corrected chi connectivity index (χ1v) is 6.48. The molecule has 1 rings (SSSR count). The molecule has 94 valence electrons. The Morgan fingerprint density at radius 1 is 1.29 bits per heavy atom. The van der Waals surface area contributed by atoms with Crippen LogP contribution in [-0.4, -0.2) is 18.6 Å². The number of benzene rings is 1. The lowest BCUT2D eigenvalue weighted by molar-refractivity contribution is 0.741. The van der Waals surface area contributed by atoms with E-state index in [-0.39, 0.29) is 0 Å². The normalized spacial score (nSPS) is 10.3. The van der Waals surface area contributed by atoms with Gasteiger partial charge in [-0.25, -0.2) is 0 Å². The molecular weight excluding hydrogens is 228 g/mol. The molecular formula is C14H22N2S. The molecule has 0 aliphatic rings. The zero-order valence-corrected chi connectivity index (χ0v) is 11.8. The van der Waals surface area contributed by atoms with Crippen molar-refractivity contribution < 1.29 is 0 Å². The van der Waals surface area contributed by atoms with Gasteiger partial charge in [0.25, 0.3) is 0 Å². The molecule has 0 fully saturated rings. The molecule has 0 aliphatic heterocycles. The van der Waals surface area contributed by atoms with Gasteiger partial charge in [0.05, 0.1) is 4.99 Å². The molecule has 3 heteroatoms. The minimum Gasteiger partial charge on any atom is -0.393 e. The monoisotopic (exact) mass is 250 g/mol. The van der Waals surface area contributed by atoms with Gasteiger partial charge >= 0.3 is 0 Å². The first-order valence-electron chi connectivity index (χ1n) is 6.07.